The zero-order chi connectivity index (χ0) is 18.7. The first kappa shape index (κ1) is 15.7. The molecule has 0 radical (unpaired) electrons. The van der Waals surface area contributed by atoms with E-state index in [9.17, 15) is 4.79 Å². The second-order valence-electron chi connectivity index (χ2n) is 6.77. The number of hydrogen-bond acceptors (Lipinski definition) is 8. The summed E-state index contributed by atoms with van der Waals surface area (Å²) in [6.45, 7) is 3.44. The van der Waals surface area contributed by atoms with Gasteiger partial charge in [0.2, 0.25) is 5.95 Å². The van der Waals surface area contributed by atoms with E-state index in [2.05, 4.69) is 35.3 Å². The molecule has 0 saturated carbocycles. The molecule has 5 rings (SSSR count). The van der Waals surface area contributed by atoms with E-state index in [-0.39, 0.29) is 11.6 Å². The molecule has 0 atom stereocenters. The van der Waals surface area contributed by atoms with Crippen LogP contribution < -0.4 is 15.4 Å². The number of aryl methyl sites for hydroxylation is 2. The van der Waals surface area contributed by atoms with Gasteiger partial charge < -0.3 is 9.80 Å². The Hall–Kier alpha value is -3.50. The highest BCUT2D eigenvalue weighted by Crippen LogP contribution is 2.23. The Bertz CT molecular complexity index is 1220. The molecule has 0 amide bonds. The van der Waals surface area contributed by atoms with Crippen molar-refractivity contribution in [2.24, 2.45) is 7.05 Å². The number of nitrogens with zero attached hydrogens (tertiary/aromatic N) is 9. The smallest absolute Gasteiger partial charge is 0.263 e. The monoisotopic (exact) mass is 366 g/mol. The summed E-state index contributed by atoms with van der Waals surface area (Å²) in [5.41, 5.74) is 1.13. The van der Waals surface area contributed by atoms with Crippen LogP contribution >= 0.6 is 0 Å². The predicted octanol–water partition coefficient (Wildman–Crippen LogP) is -0.272. The Morgan fingerprint density at radius 2 is 2.07 bits per heavy atom. The molecule has 11 heteroatoms. The minimum absolute atomic E-state index is 0.179. The van der Waals surface area contributed by atoms with E-state index < -0.39 is 0 Å². The summed E-state index contributed by atoms with van der Waals surface area (Å²) in [5.74, 6) is 2.17. The van der Waals surface area contributed by atoms with Crippen LogP contribution in [0.2, 0.25) is 0 Å². The lowest BCUT2D eigenvalue weighted by atomic mass is 10.1. The fourth-order valence-corrected chi connectivity index (χ4v) is 3.30. The summed E-state index contributed by atoms with van der Waals surface area (Å²) in [4.78, 5) is 23.8. The van der Waals surface area contributed by atoms with E-state index in [1.807, 2.05) is 31.0 Å². The SMILES string of the molecule is Cc1nnc2ccc(N3CC(N(C)c4nc5c(cnn5C)c(=O)[nH]4)C3)nn12. The molecule has 4 aromatic rings. The van der Waals surface area contributed by atoms with Crippen LogP contribution in [0.4, 0.5) is 11.8 Å². The van der Waals surface area contributed by atoms with Gasteiger partial charge in [-0.25, -0.2) is 0 Å². The van der Waals surface area contributed by atoms with Gasteiger partial charge in [-0.1, -0.05) is 0 Å². The Morgan fingerprint density at radius 3 is 2.89 bits per heavy atom. The largest absolute Gasteiger partial charge is 0.351 e. The Balaban J connectivity index is 1.37. The number of aromatic amines is 1. The first-order chi connectivity index (χ1) is 13.0. The molecule has 1 fully saturated rings. The molecule has 0 unspecified atom stereocenters. The lowest BCUT2D eigenvalue weighted by Crippen LogP contribution is -2.59. The minimum atomic E-state index is -0.179. The Morgan fingerprint density at radius 1 is 1.26 bits per heavy atom. The third kappa shape index (κ3) is 2.34. The molecule has 0 aromatic carbocycles. The number of aromatic nitrogens is 8. The predicted molar refractivity (Wildman–Crippen MR) is 99.1 cm³/mol. The molecular weight excluding hydrogens is 348 g/mol. The number of anilines is 2. The highest BCUT2D eigenvalue weighted by atomic mass is 16.1. The summed E-state index contributed by atoms with van der Waals surface area (Å²) in [7, 11) is 3.71. The van der Waals surface area contributed by atoms with Crippen LogP contribution in [0.25, 0.3) is 16.7 Å². The van der Waals surface area contributed by atoms with Crippen LogP contribution in [-0.4, -0.2) is 65.7 Å². The maximum Gasteiger partial charge on any atom is 0.263 e. The average Bonchev–Trinajstić information content (AvgIpc) is 3.17. The fraction of sp³-hybridized carbons (Fsp3) is 0.375. The zero-order valence-corrected chi connectivity index (χ0v) is 15.2. The van der Waals surface area contributed by atoms with Gasteiger partial charge in [0.25, 0.3) is 5.56 Å². The van der Waals surface area contributed by atoms with Crippen LogP contribution in [0.5, 0.6) is 0 Å². The van der Waals surface area contributed by atoms with Crippen LogP contribution in [0.15, 0.2) is 23.1 Å². The van der Waals surface area contributed by atoms with E-state index in [0.717, 1.165) is 30.4 Å². The average molecular weight is 366 g/mol. The van der Waals surface area contributed by atoms with Gasteiger partial charge in [0.1, 0.15) is 11.2 Å². The third-order valence-corrected chi connectivity index (χ3v) is 5.06. The van der Waals surface area contributed by atoms with Crippen molar-refractivity contribution in [3.63, 3.8) is 0 Å². The third-order valence-electron chi connectivity index (χ3n) is 5.06. The minimum Gasteiger partial charge on any atom is -0.351 e. The Labute approximate surface area is 153 Å². The van der Waals surface area contributed by atoms with Crippen molar-refractivity contribution < 1.29 is 0 Å². The van der Waals surface area contributed by atoms with Gasteiger partial charge in [-0.15, -0.1) is 15.3 Å². The number of rotatable bonds is 3. The molecule has 1 aliphatic rings. The van der Waals surface area contributed by atoms with Crippen molar-refractivity contribution >= 4 is 28.4 Å². The molecule has 138 valence electrons. The standard InChI is InChI=1S/C16H18N10O/c1-9-20-21-12-4-5-13(22-26(9)12)25-7-10(8-25)23(2)16-18-14-11(15(27)19-16)6-17-24(14)3/h4-6,10H,7-8H2,1-3H3,(H,18,19,27). The van der Waals surface area contributed by atoms with Gasteiger partial charge in [-0.3, -0.25) is 14.5 Å². The normalized spacial score (nSPS) is 14.9. The molecule has 1 N–H and O–H groups in total. The number of H-pyrrole nitrogens is 1. The highest BCUT2D eigenvalue weighted by molar-refractivity contribution is 5.74. The van der Waals surface area contributed by atoms with Crippen LogP contribution in [0.1, 0.15) is 5.82 Å². The molecule has 27 heavy (non-hydrogen) atoms. The first-order valence-corrected chi connectivity index (χ1v) is 8.60. The van der Waals surface area contributed by atoms with Gasteiger partial charge >= 0.3 is 0 Å². The van der Waals surface area contributed by atoms with Crippen molar-refractivity contribution in [1.82, 2.24) is 39.6 Å². The van der Waals surface area contributed by atoms with Crippen molar-refractivity contribution in [2.45, 2.75) is 13.0 Å². The molecular formula is C16H18N10O. The van der Waals surface area contributed by atoms with Gasteiger partial charge in [-0.2, -0.15) is 14.6 Å². The quantitative estimate of drug-likeness (QED) is 0.527. The van der Waals surface area contributed by atoms with Crippen LogP contribution in [0.3, 0.4) is 0 Å². The molecule has 5 heterocycles. The van der Waals surface area contributed by atoms with Crippen LogP contribution in [0, 0.1) is 6.92 Å². The number of hydrogen-bond donors (Lipinski definition) is 1. The van der Waals surface area contributed by atoms with Gasteiger partial charge in [0.15, 0.2) is 17.1 Å². The molecule has 1 aliphatic heterocycles. The molecule has 0 spiro atoms. The van der Waals surface area contributed by atoms with Crippen LogP contribution in [-0.2, 0) is 7.05 Å². The van der Waals surface area contributed by atoms with E-state index in [1.165, 1.54) is 6.20 Å². The summed E-state index contributed by atoms with van der Waals surface area (Å²) in [6, 6.07) is 4.08. The second-order valence-corrected chi connectivity index (χ2v) is 6.77. The van der Waals surface area contributed by atoms with E-state index in [4.69, 9.17) is 0 Å². The Kier molecular flexibility index (Phi) is 3.20. The summed E-state index contributed by atoms with van der Waals surface area (Å²) in [5, 5.41) is 17.3. The summed E-state index contributed by atoms with van der Waals surface area (Å²) >= 11 is 0. The van der Waals surface area contributed by atoms with Crippen molar-refractivity contribution in [3.8, 4) is 0 Å². The molecule has 11 nitrogen and oxygen atoms in total. The van der Waals surface area contributed by atoms with Gasteiger partial charge in [0.05, 0.1) is 12.2 Å². The molecule has 4 aromatic heterocycles. The molecule has 0 aliphatic carbocycles. The topological polar surface area (TPSA) is 113 Å². The fourth-order valence-electron chi connectivity index (χ4n) is 3.30. The number of nitrogens with one attached hydrogen (secondary N) is 1. The van der Waals surface area contributed by atoms with Crippen molar-refractivity contribution in [1.29, 1.82) is 0 Å². The molecule has 1 saturated heterocycles. The molecule has 0 bridgehead atoms. The van der Waals surface area contributed by atoms with E-state index in [0.29, 0.717) is 17.0 Å². The lowest BCUT2D eigenvalue weighted by molar-refractivity contribution is 0.484. The van der Waals surface area contributed by atoms with Crippen molar-refractivity contribution in [2.75, 3.05) is 29.9 Å². The number of fused-ring (bicyclic) bond motifs is 2. The maximum absolute atomic E-state index is 12.3. The lowest BCUT2D eigenvalue weighted by Gasteiger charge is -2.44. The van der Waals surface area contributed by atoms with E-state index in [1.54, 1.807) is 16.2 Å². The van der Waals surface area contributed by atoms with E-state index >= 15 is 0 Å². The highest BCUT2D eigenvalue weighted by Gasteiger charge is 2.32. The second kappa shape index (κ2) is 5.50. The summed E-state index contributed by atoms with van der Waals surface area (Å²) in [6.07, 6.45) is 1.53. The number of likely N-dealkylation sites (N-methyl/N-ethyl adjacent to an activating group) is 1. The van der Waals surface area contributed by atoms with Crippen molar-refractivity contribution in [3.05, 3.63) is 34.5 Å². The maximum atomic E-state index is 12.3. The van der Waals surface area contributed by atoms with Gasteiger partial charge in [-0.05, 0) is 19.1 Å². The summed E-state index contributed by atoms with van der Waals surface area (Å²) < 4.78 is 3.34. The van der Waals surface area contributed by atoms with Gasteiger partial charge in [0, 0.05) is 27.2 Å². The first-order valence-electron chi connectivity index (χ1n) is 8.60. The zero-order valence-electron chi connectivity index (χ0n) is 15.2.